The van der Waals surface area contributed by atoms with Crippen molar-refractivity contribution in [2.75, 3.05) is 7.11 Å². The van der Waals surface area contributed by atoms with Crippen molar-refractivity contribution >= 4 is 41.0 Å². The van der Waals surface area contributed by atoms with Gasteiger partial charge in [0.15, 0.2) is 0 Å². The summed E-state index contributed by atoms with van der Waals surface area (Å²) in [5, 5.41) is 6.17. The van der Waals surface area contributed by atoms with Crippen LogP contribution in [0.5, 0.6) is 0 Å². The molecule has 12 heteroatoms. The summed E-state index contributed by atoms with van der Waals surface area (Å²) in [6, 6.07) is 2.73. The van der Waals surface area contributed by atoms with E-state index in [1.807, 2.05) is 45.8 Å². The second-order valence-corrected chi connectivity index (χ2v) is 13.6. The first-order valence-corrected chi connectivity index (χ1v) is 16.5. The van der Waals surface area contributed by atoms with Crippen LogP contribution in [0.25, 0.3) is 10.9 Å². The number of nitrogens with one attached hydrogen (secondary N) is 2. The van der Waals surface area contributed by atoms with E-state index < -0.39 is 35.9 Å². The molecule has 0 saturated carbocycles. The molecule has 48 heavy (non-hydrogen) atoms. The Morgan fingerprint density at radius 1 is 1.15 bits per heavy atom. The second-order valence-electron chi connectivity index (χ2n) is 13.6. The van der Waals surface area contributed by atoms with Gasteiger partial charge in [-0.3, -0.25) is 19.0 Å². The minimum Gasteiger partial charge on any atom is -0.870 e. The summed E-state index contributed by atoms with van der Waals surface area (Å²) in [6.07, 6.45) is 8.28. The maximum absolute atomic E-state index is 14.2. The van der Waals surface area contributed by atoms with Crippen molar-refractivity contribution in [3.8, 4) is 0 Å². The molecule has 0 aliphatic carbocycles. The Balaban J connectivity index is 0.00000625. The van der Waals surface area contributed by atoms with Crippen LogP contribution in [0.15, 0.2) is 30.4 Å². The predicted octanol–water partition coefficient (Wildman–Crippen LogP) is 2.52. The van der Waals surface area contributed by atoms with E-state index >= 15 is 0 Å². The van der Waals surface area contributed by atoms with Crippen molar-refractivity contribution < 1.29 is 66.5 Å². The number of rotatable bonds is 14. The van der Waals surface area contributed by atoms with Crippen LogP contribution >= 0.6 is 0 Å². The third-order valence-corrected chi connectivity index (χ3v) is 8.74. The molecule has 1 aromatic heterocycles. The largest absolute Gasteiger partial charge is 1.00 e. The molecule has 3 amide bonds. The molecule has 11 nitrogen and oxygen atoms in total. The number of fused-ring (bicyclic) bond motifs is 1. The van der Waals surface area contributed by atoms with Crippen molar-refractivity contribution in [2.45, 2.75) is 130 Å². The van der Waals surface area contributed by atoms with Crippen molar-refractivity contribution in [3.63, 3.8) is 0 Å². The summed E-state index contributed by atoms with van der Waals surface area (Å²) in [7, 11) is 1.26. The van der Waals surface area contributed by atoms with E-state index in [9.17, 15) is 24.0 Å². The van der Waals surface area contributed by atoms with Crippen molar-refractivity contribution in [2.24, 2.45) is 11.3 Å². The van der Waals surface area contributed by atoms with Gasteiger partial charge in [0.25, 0.3) is 0 Å². The van der Waals surface area contributed by atoms with E-state index in [1.165, 1.54) is 17.9 Å². The zero-order valence-electron chi connectivity index (χ0n) is 31.8. The van der Waals surface area contributed by atoms with E-state index in [2.05, 4.69) is 10.6 Å². The second kappa shape index (κ2) is 20.1. The normalized spacial score (nSPS) is 18.6. The Hall–Kier alpha value is -2.73. The van der Waals surface area contributed by atoms with Gasteiger partial charge in [0.2, 0.25) is 17.7 Å². The number of amides is 3. The number of likely N-dealkylation sites (tertiary alicyclic amines) is 1. The number of unbranched alkanes of at least 4 members (excludes halogenated alkanes) is 1. The summed E-state index contributed by atoms with van der Waals surface area (Å²) in [5.41, 5.74) is 0.676. The number of benzene rings is 1. The Kier molecular flexibility index (Phi) is 16.6. The van der Waals surface area contributed by atoms with Gasteiger partial charge < -0.3 is 30.5 Å². The van der Waals surface area contributed by atoms with E-state index in [-0.39, 0.29) is 84.2 Å². The van der Waals surface area contributed by atoms with Crippen LogP contribution in [0.1, 0.15) is 108 Å². The van der Waals surface area contributed by atoms with Gasteiger partial charge in [-0.2, -0.15) is 0 Å². The molecule has 0 bridgehead atoms. The predicted molar refractivity (Wildman–Crippen MR) is 181 cm³/mol. The molecule has 0 spiro atoms. The van der Waals surface area contributed by atoms with Crippen LogP contribution < -0.4 is 40.2 Å². The SMILES string of the molecule is [2H]C[C@@H]1CCC[C@H](CC)N1C(=O)C[C@@H](CC(C)(C)C)C(=O)NC(Cc1cn(C(=O)OC)c2ccc([2H])cc12)C(=O)N[C@@H]([C-]=O)CCCC.[Na+].[OH-]. The van der Waals surface area contributed by atoms with Gasteiger partial charge in [-0.15, -0.1) is 0 Å². The number of aromatic nitrogens is 1. The summed E-state index contributed by atoms with van der Waals surface area (Å²) < 4.78 is 22.5. The number of hydrogen-bond donors (Lipinski definition) is 2. The summed E-state index contributed by atoms with van der Waals surface area (Å²) in [4.78, 5) is 68.1. The van der Waals surface area contributed by atoms with Crippen LogP contribution in [0.4, 0.5) is 4.79 Å². The summed E-state index contributed by atoms with van der Waals surface area (Å²) in [5.74, 6) is -1.98. The summed E-state index contributed by atoms with van der Waals surface area (Å²) in [6.45, 7) is 10.1. The number of methoxy groups -OCH3 is 1. The first-order chi connectivity index (χ1) is 22.8. The molecule has 5 atom stereocenters. The average molecular weight is 680 g/mol. The van der Waals surface area contributed by atoms with E-state index in [0.29, 0.717) is 35.7 Å². The topological polar surface area (TPSA) is 157 Å². The molecule has 1 saturated heterocycles. The average Bonchev–Trinajstić information content (AvgIpc) is 3.41. The van der Waals surface area contributed by atoms with Gasteiger partial charge in [0, 0.05) is 43.8 Å². The first kappa shape index (κ1) is 39.7. The van der Waals surface area contributed by atoms with Gasteiger partial charge in [0.1, 0.15) is 6.04 Å². The first-order valence-electron chi connectivity index (χ1n) is 17.7. The number of nitrogens with zero attached hydrogens (tertiary/aromatic N) is 2. The van der Waals surface area contributed by atoms with Crippen LogP contribution in [-0.4, -0.2) is 76.3 Å². The van der Waals surface area contributed by atoms with Crippen LogP contribution in [0.2, 0.25) is 0 Å². The van der Waals surface area contributed by atoms with Gasteiger partial charge >= 0.3 is 35.7 Å². The van der Waals surface area contributed by atoms with Crippen LogP contribution in [-0.2, 0) is 30.3 Å². The number of ether oxygens (including phenoxy) is 1. The molecule has 1 aliphatic heterocycles. The Labute approximate surface area is 310 Å². The quantitative estimate of drug-likeness (QED) is 0.230. The van der Waals surface area contributed by atoms with Crippen LogP contribution in [0.3, 0.4) is 0 Å². The van der Waals surface area contributed by atoms with Crippen molar-refractivity contribution in [1.82, 2.24) is 20.1 Å². The number of hydrogen-bond acceptors (Lipinski definition) is 7. The zero-order valence-corrected chi connectivity index (χ0v) is 31.8. The van der Waals surface area contributed by atoms with Crippen molar-refractivity contribution in [3.05, 3.63) is 36.0 Å². The number of piperidine rings is 1. The van der Waals surface area contributed by atoms with Gasteiger partial charge in [-0.05, 0) is 56.0 Å². The third-order valence-electron chi connectivity index (χ3n) is 8.74. The third kappa shape index (κ3) is 11.7. The molecule has 1 fully saturated rings. The molecule has 0 radical (unpaired) electrons. The number of carbonyl (C=O) groups is 4. The molecule has 1 aliphatic rings. The molecule has 1 aromatic carbocycles. The molecule has 1 unspecified atom stereocenters. The van der Waals surface area contributed by atoms with Crippen molar-refractivity contribution in [1.29, 1.82) is 0 Å². The van der Waals surface area contributed by atoms with E-state index in [1.54, 1.807) is 18.2 Å². The molecule has 3 N–H and O–H groups in total. The fraction of sp³-hybridized carbons (Fsp3) is 0.639. The van der Waals surface area contributed by atoms with E-state index in [4.69, 9.17) is 7.48 Å². The molecule has 2 aromatic rings. The smallest absolute Gasteiger partial charge is 0.870 e. The molecular weight excluding hydrogens is 623 g/mol. The monoisotopic (exact) mass is 679 g/mol. The van der Waals surface area contributed by atoms with Crippen LogP contribution in [0, 0.1) is 11.3 Å². The maximum atomic E-state index is 14.2. The minimum atomic E-state index is -1.17. The summed E-state index contributed by atoms with van der Waals surface area (Å²) >= 11 is 0. The Morgan fingerprint density at radius 3 is 2.48 bits per heavy atom. The number of carbonyl (C=O) groups excluding carboxylic acids is 5. The van der Waals surface area contributed by atoms with Gasteiger partial charge in [-0.25, -0.2) is 11.1 Å². The number of para-hydroxylation sites is 1. The molecular formula is C36H54N4NaO7-. The minimum absolute atomic E-state index is 0. The molecule has 2 heterocycles. The zero-order chi connectivity index (χ0) is 35.6. The Bertz CT molecular complexity index is 1440. The maximum Gasteiger partial charge on any atom is 1.00 e. The fourth-order valence-electron chi connectivity index (χ4n) is 6.44. The molecule has 262 valence electrons. The van der Waals surface area contributed by atoms with E-state index in [0.717, 1.165) is 32.1 Å². The molecule has 3 rings (SSSR count). The fourth-order valence-corrected chi connectivity index (χ4v) is 6.44. The van der Waals surface area contributed by atoms with Gasteiger partial charge in [-0.1, -0.05) is 78.1 Å². The Morgan fingerprint density at radius 2 is 1.88 bits per heavy atom. The standard InChI is InChI=1S/C36H53N4O6.Na.H2O/c1-8-10-15-27(23-41)37-34(44)30(19-26-22-39(35(45)46-7)31-18-12-11-17-29(26)31)38-33(43)25(21-36(4,5)6)20-32(42)40-24(3)14-13-16-28(40)9-2;;/h11-12,17-18,22,24-25,27-28,30H,8-10,13-16,19-21H2,1-7H3,(H,37,44)(H,38,43);;1H2/q-1;+1;/p-1/t24-,25+,27-,28+,30?;;/m1../s1/i3D,11D;;. The van der Waals surface area contributed by atoms with Gasteiger partial charge in [0.05, 0.1) is 14.0 Å².